The fraction of sp³-hybridized carbons (Fsp3) is 0.167. The van der Waals surface area contributed by atoms with Gasteiger partial charge in [0.2, 0.25) is 11.7 Å². The lowest BCUT2D eigenvalue weighted by Crippen LogP contribution is -2.26. The topological polar surface area (TPSA) is 66.3 Å². The van der Waals surface area contributed by atoms with Gasteiger partial charge in [0.15, 0.2) is 5.16 Å². The van der Waals surface area contributed by atoms with Crippen molar-refractivity contribution in [3.63, 3.8) is 0 Å². The van der Waals surface area contributed by atoms with Crippen LogP contribution in [-0.2, 0) is 4.79 Å². The van der Waals surface area contributed by atoms with Crippen LogP contribution in [0.2, 0.25) is 0 Å². The van der Waals surface area contributed by atoms with Gasteiger partial charge in [0.1, 0.15) is 5.25 Å². The molecule has 0 fully saturated rings. The van der Waals surface area contributed by atoms with E-state index in [9.17, 15) is 4.79 Å². The van der Waals surface area contributed by atoms with Gasteiger partial charge in [0, 0.05) is 14.1 Å². The van der Waals surface area contributed by atoms with E-state index in [1.54, 1.807) is 19.0 Å². The number of carbonyl (C=O) groups is 1. The molecule has 2 aromatic carbocycles. The summed E-state index contributed by atoms with van der Waals surface area (Å²) >= 11 is 1.42. The summed E-state index contributed by atoms with van der Waals surface area (Å²) in [5, 5.41) is 7.68. The Bertz CT molecular complexity index is 1040. The molecule has 126 valence electrons. The van der Waals surface area contributed by atoms with Crippen molar-refractivity contribution in [3.8, 4) is 0 Å². The molecule has 4 rings (SSSR count). The van der Waals surface area contributed by atoms with Crippen LogP contribution >= 0.6 is 11.8 Å². The number of aromatic amines is 1. The molecule has 1 atom stereocenters. The molecule has 0 unspecified atom stereocenters. The predicted octanol–water partition coefficient (Wildman–Crippen LogP) is 3.13. The molecule has 0 spiro atoms. The zero-order valence-corrected chi connectivity index (χ0v) is 14.7. The molecule has 2 heterocycles. The van der Waals surface area contributed by atoms with E-state index < -0.39 is 0 Å². The number of hydrogen-bond acceptors (Lipinski definition) is 4. The molecule has 25 heavy (non-hydrogen) atoms. The maximum atomic E-state index is 12.7. The SMILES string of the molecule is CN(C)C(=O)[C@H](Sc1n[nH]c2nc3ccccc3n12)c1ccccc1. The first-order valence-electron chi connectivity index (χ1n) is 7.89. The second-order valence-corrected chi connectivity index (χ2v) is 6.98. The van der Waals surface area contributed by atoms with Gasteiger partial charge in [0.05, 0.1) is 11.0 Å². The Morgan fingerprint density at radius 2 is 1.84 bits per heavy atom. The molecule has 0 bridgehead atoms. The fourth-order valence-electron chi connectivity index (χ4n) is 2.75. The number of imidazole rings is 1. The van der Waals surface area contributed by atoms with Crippen molar-refractivity contribution < 1.29 is 4.79 Å². The third-order valence-electron chi connectivity index (χ3n) is 3.99. The van der Waals surface area contributed by atoms with E-state index in [0.29, 0.717) is 10.9 Å². The Labute approximate surface area is 148 Å². The number of H-pyrrole nitrogens is 1. The summed E-state index contributed by atoms with van der Waals surface area (Å²) in [6, 6.07) is 17.7. The fourth-order valence-corrected chi connectivity index (χ4v) is 3.95. The molecule has 0 saturated heterocycles. The third kappa shape index (κ3) is 2.76. The summed E-state index contributed by atoms with van der Waals surface area (Å²) in [5.41, 5.74) is 2.82. The van der Waals surface area contributed by atoms with Crippen molar-refractivity contribution in [2.24, 2.45) is 0 Å². The van der Waals surface area contributed by atoms with Crippen LogP contribution in [0.3, 0.4) is 0 Å². The first-order valence-corrected chi connectivity index (χ1v) is 8.77. The number of aromatic nitrogens is 4. The van der Waals surface area contributed by atoms with E-state index in [1.807, 2.05) is 59.0 Å². The highest BCUT2D eigenvalue weighted by atomic mass is 32.2. The van der Waals surface area contributed by atoms with Crippen LogP contribution < -0.4 is 0 Å². The van der Waals surface area contributed by atoms with E-state index in [-0.39, 0.29) is 11.2 Å². The lowest BCUT2D eigenvalue weighted by molar-refractivity contribution is -0.128. The van der Waals surface area contributed by atoms with Gasteiger partial charge in [-0.2, -0.15) is 0 Å². The minimum Gasteiger partial charge on any atom is -0.348 e. The minimum atomic E-state index is -0.371. The number of fused-ring (bicyclic) bond motifs is 3. The van der Waals surface area contributed by atoms with E-state index in [4.69, 9.17) is 0 Å². The van der Waals surface area contributed by atoms with Gasteiger partial charge in [-0.05, 0) is 17.7 Å². The van der Waals surface area contributed by atoms with Crippen molar-refractivity contribution in [1.82, 2.24) is 24.5 Å². The second kappa shape index (κ2) is 6.25. The molecular formula is C18H17N5OS. The number of nitrogens with one attached hydrogen (secondary N) is 1. The summed E-state index contributed by atoms with van der Waals surface area (Å²) in [7, 11) is 3.54. The normalized spacial score (nSPS) is 12.6. The van der Waals surface area contributed by atoms with Crippen LogP contribution in [0, 0.1) is 0 Å². The molecular weight excluding hydrogens is 334 g/mol. The molecule has 1 amide bonds. The van der Waals surface area contributed by atoms with Crippen molar-refractivity contribution >= 4 is 34.5 Å². The highest BCUT2D eigenvalue weighted by Crippen LogP contribution is 2.36. The summed E-state index contributed by atoms with van der Waals surface area (Å²) < 4.78 is 1.96. The first-order chi connectivity index (χ1) is 12.1. The number of benzene rings is 2. The third-order valence-corrected chi connectivity index (χ3v) is 5.19. The number of para-hydroxylation sites is 2. The standard InChI is InChI=1S/C18H17N5OS/c1-22(2)16(24)15(12-8-4-3-5-9-12)25-18-21-20-17-19-13-10-6-7-11-14(13)23(17)18/h3-11,15H,1-2H3,(H,19,20)/t15-/m1/s1. The molecule has 0 saturated carbocycles. The van der Waals surface area contributed by atoms with Crippen LogP contribution in [0.25, 0.3) is 16.8 Å². The van der Waals surface area contributed by atoms with Gasteiger partial charge < -0.3 is 4.90 Å². The highest BCUT2D eigenvalue weighted by Gasteiger charge is 2.26. The zero-order chi connectivity index (χ0) is 17.4. The predicted molar refractivity (Wildman–Crippen MR) is 98.6 cm³/mol. The number of thioether (sulfide) groups is 1. The van der Waals surface area contributed by atoms with Gasteiger partial charge in [-0.1, -0.05) is 54.2 Å². The molecule has 0 aliphatic carbocycles. The average Bonchev–Trinajstić information content (AvgIpc) is 3.19. The Kier molecular flexibility index (Phi) is 3.93. The van der Waals surface area contributed by atoms with E-state index >= 15 is 0 Å². The van der Waals surface area contributed by atoms with E-state index in [0.717, 1.165) is 16.6 Å². The highest BCUT2D eigenvalue weighted by molar-refractivity contribution is 8.00. The molecule has 2 aromatic heterocycles. The monoisotopic (exact) mass is 351 g/mol. The maximum absolute atomic E-state index is 12.7. The largest absolute Gasteiger partial charge is 0.348 e. The summed E-state index contributed by atoms with van der Waals surface area (Å²) in [4.78, 5) is 18.9. The Hall–Kier alpha value is -2.80. The van der Waals surface area contributed by atoms with Crippen LogP contribution in [-0.4, -0.2) is 44.5 Å². The summed E-state index contributed by atoms with van der Waals surface area (Å²) in [6.07, 6.45) is 0. The molecule has 6 nitrogen and oxygen atoms in total. The molecule has 0 radical (unpaired) electrons. The Morgan fingerprint density at radius 3 is 2.60 bits per heavy atom. The lowest BCUT2D eigenvalue weighted by atomic mass is 10.1. The molecule has 4 aromatic rings. The average molecular weight is 351 g/mol. The number of rotatable bonds is 4. The van der Waals surface area contributed by atoms with Crippen LogP contribution in [0.15, 0.2) is 59.8 Å². The molecule has 0 aliphatic heterocycles. The number of amides is 1. The van der Waals surface area contributed by atoms with E-state index in [1.165, 1.54) is 11.8 Å². The number of hydrogen-bond donors (Lipinski definition) is 1. The second-order valence-electron chi connectivity index (χ2n) is 5.91. The maximum Gasteiger partial charge on any atom is 0.240 e. The number of carbonyl (C=O) groups excluding carboxylic acids is 1. The van der Waals surface area contributed by atoms with Crippen LogP contribution in [0.5, 0.6) is 0 Å². The van der Waals surface area contributed by atoms with Crippen LogP contribution in [0.1, 0.15) is 10.8 Å². The molecule has 1 N–H and O–H groups in total. The lowest BCUT2D eigenvalue weighted by Gasteiger charge is -2.19. The Balaban J connectivity index is 1.80. The van der Waals surface area contributed by atoms with Gasteiger partial charge in [-0.25, -0.2) is 10.1 Å². The zero-order valence-electron chi connectivity index (χ0n) is 13.9. The summed E-state index contributed by atoms with van der Waals surface area (Å²) in [5.74, 6) is 0.699. The molecule has 7 heteroatoms. The summed E-state index contributed by atoms with van der Waals surface area (Å²) in [6.45, 7) is 0. The van der Waals surface area contributed by atoms with Crippen molar-refractivity contribution in [2.75, 3.05) is 14.1 Å². The van der Waals surface area contributed by atoms with Gasteiger partial charge in [0.25, 0.3) is 0 Å². The Morgan fingerprint density at radius 1 is 1.12 bits per heavy atom. The van der Waals surface area contributed by atoms with Crippen molar-refractivity contribution in [2.45, 2.75) is 10.4 Å². The minimum absolute atomic E-state index is 0.0248. The van der Waals surface area contributed by atoms with Crippen molar-refractivity contribution in [1.29, 1.82) is 0 Å². The molecule has 0 aliphatic rings. The first kappa shape index (κ1) is 15.7. The quantitative estimate of drug-likeness (QED) is 0.574. The van der Waals surface area contributed by atoms with Gasteiger partial charge in [-0.3, -0.25) is 9.20 Å². The van der Waals surface area contributed by atoms with Gasteiger partial charge in [-0.15, -0.1) is 5.10 Å². The smallest absolute Gasteiger partial charge is 0.240 e. The number of nitrogens with zero attached hydrogens (tertiary/aromatic N) is 4. The van der Waals surface area contributed by atoms with E-state index in [2.05, 4.69) is 15.2 Å². The number of likely N-dealkylation sites (N-methyl/N-ethyl adjacent to an activating group) is 1. The van der Waals surface area contributed by atoms with Gasteiger partial charge >= 0.3 is 0 Å². The van der Waals surface area contributed by atoms with Crippen molar-refractivity contribution in [3.05, 3.63) is 60.2 Å². The van der Waals surface area contributed by atoms with Crippen LogP contribution in [0.4, 0.5) is 0 Å².